The van der Waals surface area contributed by atoms with E-state index in [4.69, 9.17) is 0 Å². The van der Waals surface area contributed by atoms with Crippen molar-refractivity contribution in [2.75, 3.05) is 6.61 Å². The van der Waals surface area contributed by atoms with Crippen molar-refractivity contribution in [2.24, 2.45) is 0 Å². The summed E-state index contributed by atoms with van der Waals surface area (Å²) in [7, 11) is 0. The Kier molecular flexibility index (Phi) is 5.00. The Hall–Kier alpha value is -2.19. The summed E-state index contributed by atoms with van der Waals surface area (Å²) in [6.45, 7) is -1.03. The highest BCUT2D eigenvalue weighted by atomic mass is 19.2. The van der Waals surface area contributed by atoms with Gasteiger partial charge < -0.3 is 9.47 Å². The second kappa shape index (κ2) is 6.31. The molecule has 0 spiro atoms. The van der Waals surface area contributed by atoms with Crippen molar-refractivity contribution in [1.82, 2.24) is 0 Å². The maximum atomic E-state index is 13.2. The van der Waals surface area contributed by atoms with Crippen LogP contribution in [0.5, 0.6) is 0 Å². The lowest BCUT2D eigenvalue weighted by atomic mass is 10.2. The zero-order chi connectivity index (χ0) is 15.4. The zero-order valence-corrected chi connectivity index (χ0v) is 9.94. The van der Waals surface area contributed by atoms with Gasteiger partial charge in [0.1, 0.15) is 6.61 Å². The lowest BCUT2D eigenvalue weighted by Gasteiger charge is -2.09. The van der Waals surface area contributed by atoms with E-state index in [2.05, 4.69) is 9.47 Å². The Morgan fingerprint density at radius 3 is 1.75 bits per heavy atom. The summed E-state index contributed by atoms with van der Waals surface area (Å²) in [5.41, 5.74) is -1.29. The molecule has 0 atom stereocenters. The van der Waals surface area contributed by atoms with Crippen molar-refractivity contribution in [1.29, 1.82) is 0 Å². The quantitative estimate of drug-likeness (QED) is 0.369. The van der Waals surface area contributed by atoms with E-state index in [1.165, 1.54) is 0 Å². The first-order valence-electron chi connectivity index (χ1n) is 5.05. The standard InChI is InChI=1S/C11H7F5O4/c1-4(17)19-3-6(18)20-2-5-7(12)9(14)11(16)10(15)8(5)13/h2-3H2,1H3. The summed E-state index contributed by atoms with van der Waals surface area (Å²) in [6.07, 6.45) is 0. The largest absolute Gasteiger partial charge is 0.458 e. The predicted molar refractivity (Wildman–Crippen MR) is 52.7 cm³/mol. The molecule has 0 radical (unpaired) electrons. The zero-order valence-electron chi connectivity index (χ0n) is 9.94. The molecule has 0 amide bonds. The monoisotopic (exact) mass is 298 g/mol. The summed E-state index contributed by atoms with van der Waals surface area (Å²) in [5.74, 6) is -12.8. The van der Waals surface area contributed by atoms with E-state index in [0.717, 1.165) is 6.92 Å². The second-order valence-electron chi connectivity index (χ2n) is 3.49. The molecule has 0 N–H and O–H groups in total. The highest BCUT2D eigenvalue weighted by Crippen LogP contribution is 2.23. The van der Waals surface area contributed by atoms with Gasteiger partial charge in [0.05, 0.1) is 5.56 Å². The van der Waals surface area contributed by atoms with Crippen LogP contribution in [0.3, 0.4) is 0 Å². The summed E-state index contributed by atoms with van der Waals surface area (Å²) >= 11 is 0. The maximum absolute atomic E-state index is 13.2. The Morgan fingerprint density at radius 2 is 1.30 bits per heavy atom. The SMILES string of the molecule is CC(=O)OCC(=O)OCc1c(F)c(F)c(F)c(F)c1F. The minimum atomic E-state index is -2.31. The molecule has 0 aliphatic rings. The molecule has 9 heteroatoms. The van der Waals surface area contributed by atoms with Gasteiger partial charge in [0.2, 0.25) is 5.82 Å². The molecule has 0 saturated heterocycles. The first-order valence-corrected chi connectivity index (χ1v) is 5.05. The Balaban J connectivity index is 2.84. The summed E-state index contributed by atoms with van der Waals surface area (Å²) in [5, 5.41) is 0. The number of carbonyl (C=O) groups excluding carboxylic acids is 2. The Labute approximate surface area is 109 Å². The smallest absolute Gasteiger partial charge is 0.344 e. The van der Waals surface area contributed by atoms with Crippen molar-refractivity contribution in [2.45, 2.75) is 13.5 Å². The fourth-order valence-electron chi connectivity index (χ4n) is 1.13. The number of rotatable bonds is 4. The van der Waals surface area contributed by atoms with Gasteiger partial charge in [-0.1, -0.05) is 0 Å². The highest BCUT2D eigenvalue weighted by Gasteiger charge is 2.26. The van der Waals surface area contributed by atoms with Gasteiger partial charge >= 0.3 is 11.9 Å². The van der Waals surface area contributed by atoms with E-state index >= 15 is 0 Å². The molecule has 20 heavy (non-hydrogen) atoms. The number of halogens is 5. The topological polar surface area (TPSA) is 52.6 Å². The molecule has 110 valence electrons. The normalized spacial score (nSPS) is 10.3. The van der Waals surface area contributed by atoms with Crippen molar-refractivity contribution >= 4 is 11.9 Å². The summed E-state index contributed by atoms with van der Waals surface area (Å²) in [6, 6.07) is 0. The number of hydrogen-bond donors (Lipinski definition) is 0. The van der Waals surface area contributed by atoms with Gasteiger partial charge in [0, 0.05) is 6.92 Å². The van der Waals surface area contributed by atoms with Crippen molar-refractivity contribution in [3.8, 4) is 0 Å². The van der Waals surface area contributed by atoms with Crippen LogP contribution in [0.1, 0.15) is 12.5 Å². The van der Waals surface area contributed by atoms with Gasteiger partial charge in [0.15, 0.2) is 29.9 Å². The first-order chi connectivity index (χ1) is 9.25. The van der Waals surface area contributed by atoms with Gasteiger partial charge in [-0.15, -0.1) is 0 Å². The molecule has 1 aromatic rings. The van der Waals surface area contributed by atoms with Crippen molar-refractivity contribution in [3.05, 3.63) is 34.6 Å². The van der Waals surface area contributed by atoms with Crippen LogP contribution in [0, 0.1) is 29.1 Å². The van der Waals surface area contributed by atoms with Crippen LogP contribution in [-0.4, -0.2) is 18.5 Å². The van der Waals surface area contributed by atoms with E-state index in [1.807, 2.05) is 0 Å². The molecular weight excluding hydrogens is 291 g/mol. The van der Waals surface area contributed by atoms with Crippen LogP contribution in [0.25, 0.3) is 0 Å². The van der Waals surface area contributed by atoms with Crippen LogP contribution >= 0.6 is 0 Å². The lowest BCUT2D eigenvalue weighted by Crippen LogP contribution is -2.16. The van der Waals surface area contributed by atoms with Gasteiger partial charge in [-0.2, -0.15) is 0 Å². The molecule has 0 bridgehead atoms. The van der Waals surface area contributed by atoms with E-state index in [9.17, 15) is 31.5 Å². The van der Waals surface area contributed by atoms with Gasteiger partial charge in [-0.25, -0.2) is 26.7 Å². The summed E-state index contributed by atoms with van der Waals surface area (Å²) < 4.78 is 73.1. The van der Waals surface area contributed by atoms with E-state index in [0.29, 0.717) is 0 Å². The molecule has 0 aromatic heterocycles. The number of benzene rings is 1. The van der Waals surface area contributed by atoms with Crippen LogP contribution in [0.15, 0.2) is 0 Å². The van der Waals surface area contributed by atoms with Crippen LogP contribution < -0.4 is 0 Å². The number of ether oxygens (including phenoxy) is 2. The van der Waals surface area contributed by atoms with Crippen molar-refractivity contribution < 1.29 is 41.0 Å². The van der Waals surface area contributed by atoms with Gasteiger partial charge in [-0.3, -0.25) is 4.79 Å². The molecule has 0 fully saturated rings. The van der Waals surface area contributed by atoms with Crippen molar-refractivity contribution in [3.63, 3.8) is 0 Å². The Bertz CT molecular complexity index is 529. The van der Waals surface area contributed by atoms with Gasteiger partial charge in [-0.05, 0) is 0 Å². The first kappa shape index (κ1) is 15.9. The molecule has 4 nitrogen and oxygen atoms in total. The molecule has 0 aliphatic heterocycles. The molecule has 1 rings (SSSR count). The maximum Gasteiger partial charge on any atom is 0.344 e. The minimum absolute atomic E-state index is 0.807. The number of carbonyl (C=O) groups is 2. The molecule has 0 unspecified atom stereocenters. The van der Waals surface area contributed by atoms with Gasteiger partial charge in [0.25, 0.3) is 0 Å². The lowest BCUT2D eigenvalue weighted by molar-refractivity contribution is -0.158. The average molecular weight is 298 g/mol. The highest BCUT2D eigenvalue weighted by molar-refractivity contribution is 5.75. The molecule has 1 aromatic carbocycles. The van der Waals surface area contributed by atoms with E-state index in [1.54, 1.807) is 0 Å². The number of esters is 2. The second-order valence-corrected chi connectivity index (χ2v) is 3.49. The van der Waals surface area contributed by atoms with E-state index in [-0.39, 0.29) is 0 Å². The molecular formula is C11H7F5O4. The molecule has 0 aliphatic carbocycles. The Morgan fingerprint density at radius 1 is 0.850 bits per heavy atom. The number of hydrogen-bond acceptors (Lipinski definition) is 4. The van der Waals surface area contributed by atoms with Crippen LogP contribution in [0.4, 0.5) is 22.0 Å². The summed E-state index contributed by atoms with van der Waals surface area (Å²) in [4.78, 5) is 21.3. The third kappa shape index (κ3) is 3.43. The average Bonchev–Trinajstić information content (AvgIpc) is 2.40. The minimum Gasteiger partial charge on any atom is -0.458 e. The molecule has 0 saturated carbocycles. The third-order valence-corrected chi connectivity index (χ3v) is 2.07. The predicted octanol–water partition coefficient (Wildman–Crippen LogP) is 1.99. The van der Waals surface area contributed by atoms with Crippen LogP contribution in [0.2, 0.25) is 0 Å². The van der Waals surface area contributed by atoms with Crippen LogP contribution in [-0.2, 0) is 25.7 Å². The fraction of sp³-hybridized carbons (Fsp3) is 0.273. The van der Waals surface area contributed by atoms with E-state index < -0.39 is 59.8 Å². The fourth-order valence-corrected chi connectivity index (χ4v) is 1.13. The third-order valence-electron chi connectivity index (χ3n) is 2.07. The molecule has 0 heterocycles.